The predicted octanol–water partition coefficient (Wildman–Crippen LogP) is 0.607. The van der Waals surface area contributed by atoms with Crippen LogP contribution in [0.3, 0.4) is 0 Å². The smallest absolute Gasteiger partial charge is 0.317 e. The van der Waals surface area contributed by atoms with Gasteiger partial charge in [-0.05, 0) is 17.7 Å². The first-order chi connectivity index (χ1) is 6.36. The molecule has 1 N–H and O–H groups in total. The molecule has 4 nitrogen and oxygen atoms in total. The van der Waals surface area contributed by atoms with Crippen LogP contribution in [0.5, 0.6) is 0 Å². The van der Waals surface area contributed by atoms with Crippen LogP contribution in [0.2, 0.25) is 0 Å². The Kier molecular flexibility index (Phi) is 2.12. The van der Waals surface area contributed by atoms with Crippen LogP contribution in [0, 0.1) is 0 Å². The summed E-state index contributed by atoms with van der Waals surface area (Å²) in [5.41, 5.74) is 1.12. The molecule has 2 amide bonds. The highest BCUT2D eigenvalue weighted by Gasteiger charge is 2.18. The van der Waals surface area contributed by atoms with Gasteiger partial charge in [0.05, 0.1) is 0 Å². The fourth-order valence-electron chi connectivity index (χ4n) is 1.37. The van der Waals surface area contributed by atoms with Crippen LogP contribution >= 0.6 is 0 Å². The first-order valence-corrected chi connectivity index (χ1v) is 4.28. The molecule has 0 spiro atoms. The van der Waals surface area contributed by atoms with Crippen molar-refractivity contribution in [1.82, 2.24) is 15.2 Å². The highest BCUT2D eigenvalue weighted by molar-refractivity contribution is 5.76. The van der Waals surface area contributed by atoms with E-state index in [1.165, 1.54) is 0 Å². The molecule has 1 fully saturated rings. The summed E-state index contributed by atoms with van der Waals surface area (Å²) in [6, 6.07) is 3.87. The van der Waals surface area contributed by atoms with E-state index >= 15 is 0 Å². The van der Waals surface area contributed by atoms with Crippen molar-refractivity contribution >= 4 is 6.03 Å². The van der Waals surface area contributed by atoms with Crippen molar-refractivity contribution in [3.63, 3.8) is 0 Å². The van der Waals surface area contributed by atoms with Crippen molar-refractivity contribution in [2.75, 3.05) is 13.1 Å². The molecule has 1 aliphatic heterocycles. The summed E-state index contributed by atoms with van der Waals surface area (Å²) in [7, 11) is 0. The lowest BCUT2D eigenvalue weighted by Crippen LogP contribution is -2.27. The fourth-order valence-corrected chi connectivity index (χ4v) is 1.37. The molecular formula is C9H11N3O. The molecule has 1 aromatic heterocycles. The van der Waals surface area contributed by atoms with Gasteiger partial charge in [-0.3, -0.25) is 4.98 Å². The zero-order valence-electron chi connectivity index (χ0n) is 7.23. The van der Waals surface area contributed by atoms with E-state index in [1.54, 1.807) is 17.3 Å². The number of hydrogen-bond donors (Lipinski definition) is 1. The number of carbonyl (C=O) groups is 1. The molecule has 0 aromatic carbocycles. The maximum absolute atomic E-state index is 11.2. The van der Waals surface area contributed by atoms with Gasteiger partial charge in [-0.15, -0.1) is 0 Å². The van der Waals surface area contributed by atoms with Crippen molar-refractivity contribution in [2.24, 2.45) is 0 Å². The molecule has 0 unspecified atom stereocenters. The van der Waals surface area contributed by atoms with Gasteiger partial charge in [0.1, 0.15) is 0 Å². The van der Waals surface area contributed by atoms with E-state index in [-0.39, 0.29) is 6.03 Å². The molecule has 0 atom stereocenters. The highest BCUT2D eigenvalue weighted by Crippen LogP contribution is 2.05. The van der Waals surface area contributed by atoms with Gasteiger partial charge in [0.2, 0.25) is 0 Å². The molecule has 13 heavy (non-hydrogen) atoms. The van der Waals surface area contributed by atoms with Gasteiger partial charge in [-0.2, -0.15) is 0 Å². The largest absolute Gasteiger partial charge is 0.336 e. The van der Waals surface area contributed by atoms with Crippen molar-refractivity contribution < 1.29 is 4.79 Å². The highest BCUT2D eigenvalue weighted by atomic mass is 16.2. The van der Waals surface area contributed by atoms with Gasteiger partial charge in [-0.25, -0.2) is 4.79 Å². The molecule has 0 aliphatic carbocycles. The van der Waals surface area contributed by atoms with Gasteiger partial charge >= 0.3 is 6.03 Å². The molecule has 2 heterocycles. The molecule has 4 heteroatoms. The van der Waals surface area contributed by atoms with Crippen molar-refractivity contribution in [2.45, 2.75) is 6.54 Å². The summed E-state index contributed by atoms with van der Waals surface area (Å²) in [6.45, 7) is 2.22. The minimum absolute atomic E-state index is 0.0248. The van der Waals surface area contributed by atoms with E-state index < -0.39 is 0 Å². The van der Waals surface area contributed by atoms with E-state index in [1.807, 2.05) is 12.1 Å². The van der Waals surface area contributed by atoms with Gasteiger partial charge in [0.25, 0.3) is 0 Å². The molecule has 2 rings (SSSR count). The van der Waals surface area contributed by atoms with E-state index in [0.717, 1.165) is 18.7 Å². The van der Waals surface area contributed by atoms with Gasteiger partial charge in [0, 0.05) is 32.0 Å². The summed E-state index contributed by atoms with van der Waals surface area (Å²) in [6.07, 6.45) is 3.48. The van der Waals surface area contributed by atoms with E-state index in [0.29, 0.717) is 6.54 Å². The zero-order valence-corrected chi connectivity index (χ0v) is 7.23. The number of aromatic nitrogens is 1. The molecule has 1 aliphatic rings. The third kappa shape index (κ3) is 1.77. The lowest BCUT2D eigenvalue weighted by molar-refractivity contribution is 0.215. The van der Waals surface area contributed by atoms with Gasteiger partial charge in [-0.1, -0.05) is 0 Å². The van der Waals surface area contributed by atoms with E-state index in [9.17, 15) is 4.79 Å². The standard InChI is InChI=1S/C9H11N3O/c13-9-11-5-6-12(9)7-8-1-3-10-4-2-8/h1-4H,5-7H2,(H,11,13). The van der Waals surface area contributed by atoms with Gasteiger partial charge in [0.15, 0.2) is 0 Å². The number of nitrogens with one attached hydrogen (secondary N) is 1. The van der Waals surface area contributed by atoms with Crippen LogP contribution in [0.1, 0.15) is 5.56 Å². The topological polar surface area (TPSA) is 45.2 Å². The Bertz CT molecular complexity index is 299. The Labute approximate surface area is 76.6 Å². The number of amides is 2. The molecule has 68 valence electrons. The minimum atomic E-state index is 0.0248. The number of urea groups is 1. The van der Waals surface area contributed by atoms with Crippen molar-refractivity contribution in [3.8, 4) is 0 Å². The summed E-state index contributed by atoms with van der Waals surface area (Å²) < 4.78 is 0. The molecule has 0 saturated carbocycles. The average molecular weight is 177 g/mol. The number of nitrogens with zero attached hydrogens (tertiary/aromatic N) is 2. The average Bonchev–Trinajstić information content (AvgIpc) is 2.54. The number of carbonyl (C=O) groups excluding carboxylic acids is 1. The number of hydrogen-bond acceptors (Lipinski definition) is 2. The minimum Gasteiger partial charge on any atom is -0.336 e. The van der Waals surface area contributed by atoms with E-state index in [2.05, 4.69) is 10.3 Å². The Morgan fingerprint density at radius 1 is 1.46 bits per heavy atom. The number of rotatable bonds is 2. The SMILES string of the molecule is O=C1NCCN1Cc1ccncc1. The second-order valence-corrected chi connectivity index (χ2v) is 3.01. The normalized spacial score (nSPS) is 16.0. The third-order valence-electron chi connectivity index (χ3n) is 2.07. The number of pyridine rings is 1. The summed E-state index contributed by atoms with van der Waals surface area (Å²) >= 11 is 0. The zero-order chi connectivity index (χ0) is 9.10. The Morgan fingerprint density at radius 2 is 2.23 bits per heavy atom. The second kappa shape index (κ2) is 3.43. The summed E-state index contributed by atoms with van der Waals surface area (Å²) in [5, 5.41) is 2.76. The Hall–Kier alpha value is -1.58. The third-order valence-corrected chi connectivity index (χ3v) is 2.07. The van der Waals surface area contributed by atoms with Crippen LogP contribution in [-0.2, 0) is 6.54 Å². The molecular weight excluding hydrogens is 166 g/mol. The summed E-state index contributed by atoms with van der Waals surface area (Å²) in [4.78, 5) is 16.9. The lowest BCUT2D eigenvalue weighted by Gasteiger charge is -2.13. The quantitative estimate of drug-likeness (QED) is 0.719. The van der Waals surface area contributed by atoms with Crippen molar-refractivity contribution in [1.29, 1.82) is 0 Å². The molecule has 1 aromatic rings. The first-order valence-electron chi connectivity index (χ1n) is 4.28. The Morgan fingerprint density at radius 3 is 2.85 bits per heavy atom. The van der Waals surface area contributed by atoms with Crippen LogP contribution in [0.25, 0.3) is 0 Å². The van der Waals surface area contributed by atoms with Crippen LogP contribution in [0.4, 0.5) is 4.79 Å². The van der Waals surface area contributed by atoms with Crippen LogP contribution < -0.4 is 5.32 Å². The lowest BCUT2D eigenvalue weighted by atomic mass is 10.2. The molecule has 0 bridgehead atoms. The van der Waals surface area contributed by atoms with Crippen molar-refractivity contribution in [3.05, 3.63) is 30.1 Å². The molecule has 1 saturated heterocycles. The maximum Gasteiger partial charge on any atom is 0.317 e. The van der Waals surface area contributed by atoms with Gasteiger partial charge < -0.3 is 10.2 Å². The predicted molar refractivity (Wildman–Crippen MR) is 48.0 cm³/mol. The monoisotopic (exact) mass is 177 g/mol. The second-order valence-electron chi connectivity index (χ2n) is 3.01. The van der Waals surface area contributed by atoms with Crippen LogP contribution in [0.15, 0.2) is 24.5 Å². The summed E-state index contributed by atoms with van der Waals surface area (Å²) in [5.74, 6) is 0. The molecule has 0 radical (unpaired) electrons. The van der Waals surface area contributed by atoms with E-state index in [4.69, 9.17) is 0 Å². The fraction of sp³-hybridized carbons (Fsp3) is 0.333. The first kappa shape index (κ1) is 8.04. The maximum atomic E-state index is 11.2. The van der Waals surface area contributed by atoms with Crippen LogP contribution in [-0.4, -0.2) is 29.0 Å². The Balaban J connectivity index is 2.02.